The molecule has 1 aromatic carbocycles. The van der Waals surface area contributed by atoms with Crippen LogP contribution in [-0.4, -0.2) is 40.3 Å². The van der Waals surface area contributed by atoms with Crippen LogP contribution in [-0.2, 0) is 22.7 Å². The Bertz CT molecular complexity index is 919. The quantitative estimate of drug-likeness (QED) is 0.681. The van der Waals surface area contributed by atoms with E-state index in [0.717, 1.165) is 42.3 Å². The van der Waals surface area contributed by atoms with Crippen LogP contribution >= 0.6 is 0 Å². The molecule has 1 fully saturated rings. The number of carbonyl (C=O) groups is 1. The lowest BCUT2D eigenvalue weighted by molar-refractivity contribution is -0.120. The van der Waals surface area contributed by atoms with Crippen molar-refractivity contribution in [1.82, 2.24) is 14.7 Å². The van der Waals surface area contributed by atoms with E-state index >= 15 is 0 Å². The van der Waals surface area contributed by atoms with Crippen molar-refractivity contribution >= 4 is 11.6 Å². The third-order valence-electron chi connectivity index (χ3n) is 4.91. The molecule has 28 heavy (non-hydrogen) atoms. The summed E-state index contributed by atoms with van der Waals surface area (Å²) in [5.74, 6) is 1.67. The Balaban J connectivity index is 1.41. The number of aromatic nitrogens is 2. The zero-order chi connectivity index (χ0) is 19.3. The molecule has 7 nitrogen and oxygen atoms in total. The molecule has 1 saturated heterocycles. The van der Waals surface area contributed by atoms with Gasteiger partial charge in [-0.1, -0.05) is 6.07 Å². The first-order valence-electron chi connectivity index (χ1n) is 9.44. The Labute approximate surface area is 163 Å². The minimum Gasteiger partial charge on any atom is -0.462 e. The van der Waals surface area contributed by atoms with Crippen molar-refractivity contribution in [2.24, 2.45) is 0 Å². The van der Waals surface area contributed by atoms with Gasteiger partial charge in [0.15, 0.2) is 0 Å². The molecule has 3 aromatic rings. The predicted octanol–water partition coefficient (Wildman–Crippen LogP) is 3.21. The first kappa shape index (κ1) is 18.5. The van der Waals surface area contributed by atoms with E-state index in [-0.39, 0.29) is 11.9 Å². The van der Waals surface area contributed by atoms with Crippen molar-refractivity contribution in [3.63, 3.8) is 0 Å². The number of hydrogen-bond acceptors (Lipinski definition) is 5. The van der Waals surface area contributed by atoms with Crippen LogP contribution in [0.4, 0.5) is 5.69 Å². The van der Waals surface area contributed by atoms with Gasteiger partial charge in [0.1, 0.15) is 18.1 Å². The molecule has 2 aromatic heterocycles. The molecule has 1 N–H and O–H groups in total. The second-order valence-electron chi connectivity index (χ2n) is 6.92. The highest BCUT2D eigenvalue weighted by Crippen LogP contribution is 2.23. The number of hydrogen-bond donors (Lipinski definition) is 1. The van der Waals surface area contributed by atoms with Crippen LogP contribution in [0.5, 0.6) is 0 Å². The van der Waals surface area contributed by atoms with Gasteiger partial charge in [0.25, 0.3) is 0 Å². The molecule has 0 saturated carbocycles. The highest BCUT2D eigenvalue weighted by molar-refractivity contribution is 5.95. The molecular formula is C21H24N4O3. The fourth-order valence-corrected chi connectivity index (χ4v) is 3.61. The van der Waals surface area contributed by atoms with Gasteiger partial charge in [0, 0.05) is 25.2 Å². The number of amides is 1. The van der Waals surface area contributed by atoms with Crippen LogP contribution < -0.4 is 5.32 Å². The minimum atomic E-state index is -0.163. The minimum absolute atomic E-state index is 0.0128. The molecule has 0 aliphatic carbocycles. The summed E-state index contributed by atoms with van der Waals surface area (Å²) >= 11 is 0. The lowest BCUT2D eigenvalue weighted by atomic mass is 10.2. The third kappa shape index (κ3) is 4.16. The van der Waals surface area contributed by atoms with E-state index in [0.29, 0.717) is 13.2 Å². The maximum absolute atomic E-state index is 12.9. The SMILES string of the molecule is COCc1ccc(CN2CCC[C@@H]2C(=O)Nc2cccc(-n3cccn3)c2)o1. The van der Waals surface area contributed by atoms with Gasteiger partial charge in [-0.05, 0) is 55.8 Å². The maximum atomic E-state index is 12.9. The summed E-state index contributed by atoms with van der Waals surface area (Å²) in [7, 11) is 1.64. The Morgan fingerprint density at radius 3 is 3.00 bits per heavy atom. The van der Waals surface area contributed by atoms with Crippen molar-refractivity contribution in [3.8, 4) is 5.69 Å². The van der Waals surface area contributed by atoms with Gasteiger partial charge in [-0.2, -0.15) is 5.10 Å². The monoisotopic (exact) mass is 380 g/mol. The highest BCUT2D eigenvalue weighted by Gasteiger charge is 2.31. The fraction of sp³-hybridized carbons (Fsp3) is 0.333. The molecule has 0 spiro atoms. The van der Waals surface area contributed by atoms with Crippen LogP contribution in [0.15, 0.2) is 59.3 Å². The molecule has 1 atom stereocenters. The molecule has 146 valence electrons. The van der Waals surface area contributed by atoms with Gasteiger partial charge in [-0.3, -0.25) is 9.69 Å². The lowest BCUT2D eigenvalue weighted by Gasteiger charge is -2.22. The van der Waals surface area contributed by atoms with E-state index in [1.165, 1.54) is 0 Å². The molecule has 7 heteroatoms. The van der Waals surface area contributed by atoms with E-state index in [4.69, 9.17) is 9.15 Å². The number of nitrogens with zero attached hydrogens (tertiary/aromatic N) is 3. The van der Waals surface area contributed by atoms with Crippen molar-refractivity contribution in [2.75, 3.05) is 19.0 Å². The molecule has 1 amide bonds. The van der Waals surface area contributed by atoms with Gasteiger partial charge in [-0.25, -0.2) is 4.68 Å². The first-order chi connectivity index (χ1) is 13.7. The second kappa shape index (κ2) is 8.41. The van der Waals surface area contributed by atoms with E-state index < -0.39 is 0 Å². The van der Waals surface area contributed by atoms with Crippen LogP contribution in [0, 0.1) is 0 Å². The van der Waals surface area contributed by atoms with Gasteiger partial charge >= 0.3 is 0 Å². The normalized spacial score (nSPS) is 17.1. The summed E-state index contributed by atoms with van der Waals surface area (Å²) in [5.41, 5.74) is 1.68. The molecule has 0 unspecified atom stereocenters. The average molecular weight is 380 g/mol. The van der Waals surface area contributed by atoms with E-state index in [1.54, 1.807) is 18.0 Å². The standard InChI is InChI=1S/C21H24N4O3/c1-27-15-19-9-8-18(28-19)14-24-11-3-7-20(24)21(26)23-16-5-2-6-17(13-16)25-12-4-10-22-25/h2,4-6,8-10,12-13,20H,3,7,11,14-15H2,1H3,(H,23,26)/t20-/m1/s1. The van der Waals surface area contributed by atoms with E-state index in [2.05, 4.69) is 15.3 Å². The number of likely N-dealkylation sites (tertiary alicyclic amines) is 1. The van der Waals surface area contributed by atoms with Crippen LogP contribution in [0.25, 0.3) is 5.69 Å². The first-order valence-corrected chi connectivity index (χ1v) is 9.44. The topological polar surface area (TPSA) is 72.5 Å². The molecule has 3 heterocycles. The molecule has 1 aliphatic rings. The Kier molecular flexibility index (Phi) is 5.55. The number of anilines is 1. The fourth-order valence-electron chi connectivity index (χ4n) is 3.61. The van der Waals surface area contributed by atoms with Gasteiger partial charge in [0.2, 0.25) is 5.91 Å². The zero-order valence-corrected chi connectivity index (χ0v) is 15.9. The van der Waals surface area contributed by atoms with Gasteiger partial charge < -0.3 is 14.5 Å². The Hall–Kier alpha value is -2.90. The molecular weight excluding hydrogens is 356 g/mol. The summed E-state index contributed by atoms with van der Waals surface area (Å²) in [6, 6.07) is 13.3. The molecule has 4 rings (SSSR count). The van der Waals surface area contributed by atoms with Gasteiger partial charge in [-0.15, -0.1) is 0 Å². The lowest BCUT2D eigenvalue weighted by Crippen LogP contribution is -2.39. The Morgan fingerprint density at radius 1 is 1.29 bits per heavy atom. The number of methoxy groups -OCH3 is 1. The largest absolute Gasteiger partial charge is 0.462 e. The van der Waals surface area contributed by atoms with Gasteiger partial charge in [0.05, 0.1) is 18.3 Å². The summed E-state index contributed by atoms with van der Waals surface area (Å²) in [6.07, 6.45) is 5.45. The zero-order valence-electron chi connectivity index (χ0n) is 15.9. The predicted molar refractivity (Wildman–Crippen MR) is 105 cm³/mol. The smallest absolute Gasteiger partial charge is 0.241 e. The van der Waals surface area contributed by atoms with Crippen molar-refractivity contribution < 1.29 is 13.9 Å². The second-order valence-corrected chi connectivity index (χ2v) is 6.92. The van der Waals surface area contributed by atoms with Crippen molar-refractivity contribution in [2.45, 2.75) is 32.0 Å². The Morgan fingerprint density at radius 2 is 2.18 bits per heavy atom. The third-order valence-corrected chi connectivity index (χ3v) is 4.91. The molecule has 0 radical (unpaired) electrons. The summed E-state index contributed by atoms with van der Waals surface area (Å²) in [5, 5.41) is 7.29. The molecule has 1 aliphatic heterocycles. The number of rotatable bonds is 7. The van der Waals surface area contributed by atoms with Crippen LogP contribution in [0.2, 0.25) is 0 Å². The van der Waals surface area contributed by atoms with Crippen LogP contribution in [0.3, 0.4) is 0 Å². The van der Waals surface area contributed by atoms with Crippen molar-refractivity contribution in [1.29, 1.82) is 0 Å². The highest BCUT2D eigenvalue weighted by atomic mass is 16.5. The number of furan rings is 1. The van der Waals surface area contributed by atoms with E-state index in [1.807, 2.05) is 48.7 Å². The van der Waals surface area contributed by atoms with E-state index in [9.17, 15) is 4.79 Å². The number of nitrogens with one attached hydrogen (secondary N) is 1. The van der Waals surface area contributed by atoms with Crippen LogP contribution in [0.1, 0.15) is 24.4 Å². The summed E-state index contributed by atoms with van der Waals surface area (Å²) in [4.78, 5) is 15.1. The van der Waals surface area contributed by atoms with Crippen molar-refractivity contribution in [3.05, 3.63) is 66.4 Å². The number of benzene rings is 1. The maximum Gasteiger partial charge on any atom is 0.241 e. The summed E-state index contributed by atoms with van der Waals surface area (Å²) in [6.45, 7) is 1.96. The number of ether oxygens (including phenoxy) is 1. The summed E-state index contributed by atoms with van der Waals surface area (Å²) < 4.78 is 12.6. The average Bonchev–Trinajstić information content (AvgIpc) is 3.45. The number of carbonyl (C=O) groups excluding carboxylic acids is 1. The molecule has 0 bridgehead atoms.